The molecule has 4 nitrogen and oxygen atoms in total. The molecule has 0 amide bonds. The van der Waals surface area contributed by atoms with Crippen LogP contribution in [0.4, 0.5) is 4.39 Å². The van der Waals surface area contributed by atoms with Crippen molar-refractivity contribution in [2.24, 2.45) is 0 Å². The van der Waals surface area contributed by atoms with Crippen molar-refractivity contribution >= 4 is 24.2 Å². The molecule has 0 saturated heterocycles. The van der Waals surface area contributed by atoms with Crippen molar-refractivity contribution in [2.45, 2.75) is 0 Å². The highest BCUT2D eigenvalue weighted by molar-refractivity contribution is 6.58. The molecule has 0 heterocycles. The smallest absolute Gasteiger partial charge is 0.488 e. The third-order valence-corrected chi connectivity index (χ3v) is 2.96. The van der Waals surface area contributed by atoms with Crippen LogP contribution in [0.5, 0.6) is 11.5 Å². The van der Waals surface area contributed by atoms with Crippen LogP contribution in [0.15, 0.2) is 42.5 Å². The van der Waals surface area contributed by atoms with E-state index in [0.717, 1.165) is 0 Å². The molecular formula is C14H13BClFO4. The van der Waals surface area contributed by atoms with E-state index in [4.69, 9.17) is 31.1 Å². The van der Waals surface area contributed by atoms with Crippen molar-refractivity contribution in [1.29, 1.82) is 0 Å². The van der Waals surface area contributed by atoms with E-state index in [1.165, 1.54) is 24.3 Å². The summed E-state index contributed by atoms with van der Waals surface area (Å²) in [5.74, 6) is 0.450. The van der Waals surface area contributed by atoms with Gasteiger partial charge in [-0.05, 0) is 29.7 Å². The van der Waals surface area contributed by atoms with Crippen LogP contribution in [-0.2, 0) is 0 Å². The first-order chi connectivity index (χ1) is 10.1. The quantitative estimate of drug-likeness (QED) is 0.629. The van der Waals surface area contributed by atoms with Crippen LogP contribution in [0.2, 0.25) is 5.02 Å². The molecule has 0 aliphatic rings. The van der Waals surface area contributed by atoms with Crippen LogP contribution >= 0.6 is 11.6 Å². The fourth-order valence-electron chi connectivity index (χ4n) is 1.65. The predicted molar refractivity (Wildman–Crippen MR) is 78.7 cm³/mol. The Balaban J connectivity index is 1.81. The van der Waals surface area contributed by atoms with Crippen molar-refractivity contribution in [3.63, 3.8) is 0 Å². The Kier molecular flexibility index (Phi) is 5.44. The molecule has 0 aliphatic carbocycles. The molecule has 21 heavy (non-hydrogen) atoms. The van der Waals surface area contributed by atoms with Crippen LogP contribution < -0.4 is 14.9 Å². The number of hydrogen-bond acceptors (Lipinski definition) is 4. The van der Waals surface area contributed by atoms with Gasteiger partial charge in [-0.25, -0.2) is 4.39 Å². The summed E-state index contributed by atoms with van der Waals surface area (Å²) in [6.45, 7) is 0.494. The minimum absolute atomic E-state index is 0.00180. The molecule has 0 spiro atoms. The normalized spacial score (nSPS) is 10.3. The third-order valence-electron chi connectivity index (χ3n) is 2.67. The Morgan fingerprint density at radius 3 is 2.29 bits per heavy atom. The zero-order valence-electron chi connectivity index (χ0n) is 11.0. The SMILES string of the molecule is OB(O)c1cccc(OCCOc2ccc(F)c(Cl)c2)c1. The lowest BCUT2D eigenvalue weighted by Gasteiger charge is -2.09. The molecule has 2 rings (SSSR count). The maximum atomic E-state index is 13.0. The topological polar surface area (TPSA) is 58.9 Å². The maximum absolute atomic E-state index is 13.0. The van der Waals surface area contributed by atoms with Gasteiger partial charge in [0.25, 0.3) is 0 Å². The average Bonchev–Trinajstić information content (AvgIpc) is 2.47. The summed E-state index contributed by atoms with van der Waals surface area (Å²) in [5, 5.41) is 18.1. The van der Waals surface area contributed by atoms with Gasteiger partial charge in [-0.1, -0.05) is 23.7 Å². The summed E-state index contributed by atoms with van der Waals surface area (Å²) in [5.41, 5.74) is 0.346. The summed E-state index contributed by atoms with van der Waals surface area (Å²) >= 11 is 5.64. The second-order valence-electron chi connectivity index (χ2n) is 4.22. The highest BCUT2D eigenvalue weighted by atomic mass is 35.5. The van der Waals surface area contributed by atoms with E-state index in [0.29, 0.717) is 17.0 Å². The summed E-state index contributed by atoms with van der Waals surface area (Å²) in [4.78, 5) is 0. The Hall–Kier alpha value is -1.76. The second-order valence-corrected chi connectivity index (χ2v) is 4.63. The van der Waals surface area contributed by atoms with Gasteiger partial charge < -0.3 is 19.5 Å². The van der Waals surface area contributed by atoms with Crippen molar-refractivity contribution < 1.29 is 23.9 Å². The molecule has 0 aliphatic heterocycles. The standard InChI is InChI=1S/C14H13BClFO4/c16-13-9-12(4-5-14(13)17)21-7-6-20-11-3-1-2-10(8-11)15(18)19/h1-5,8-9,18-19H,6-7H2. The first kappa shape index (κ1) is 15.6. The molecule has 0 atom stereocenters. The van der Waals surface area contributed by atoms with E-state index in [1.54, 1.807) is 18.2 Å². The molecule has 2 N–H and O–H groups in total. The molecule has 0 radical (unpaired) electrons. The Labute approximate surface area is 126 Å². The summed E-state index contributed by atoms with van der Waals surface area (Å²) < 4.78 is 23.7. The van der Waals surface area contributed by atoms with Crippen LogP contribution in [0.1, 0.15) is 0 Å². The van der Waals surface area contributed by atoms with Crippen LogP contribution in [0.3, 0.4) is 0 Å². The largest absolute Gasteiger partial charge is 0.490 e. The van der Waals surface area contributed by atoms with E-state index in [9.17, 15) is 4.39 Å². The lowest BCUT2D eigenvalue weighted by Crippen LogP contribution is -2.29. The van der Waals surface area contributed by atoms with Gasteiger partial charge in [-0.15, -0.1) is 0 Å². The lowest BCUT2D eigenvalue weighted by molar-refractivity contribution is 0.217. The van der Waals surface area contributed by atoms with Crippen LogP contribution in [-0.4, -0.2) is 30.4 Å². The van der Waals surface area contributed by atoms with Crippen molar-refractivity contribution in [3.05, 3.63) is 53.3 Å². The van der Waals surface area contributed by atoms with Gasteiger partial charge in [0.2, 0.25) is 0 Å². The summed E-state index contributed by atoms with van der Waals surface area (Å²) in [6, 6.07) is 10.5. The zero-order chi connectivity index (χ0) is 15.2. The van der Waals surface area contributed by atoms with Crippen LogP contribution in [0, 0.1) is 5.82 Å². The molecule has 2 aromatic rings. The van der Waals surface area contributed by atoms with Crippen molar-refractivity contribution in [2.75, 3.05) is 13.2 Å². The first-order valence-corrected chi connectivity index (χ1v) is 6.61. The Morgan fingerprint density at radius 2 is 1.67 bits per heavy atom. The molecule has 0 unspecified atom stereocenters. The highest BCUT2D eigenvalue weighted by Gasteiger charge is 2.11. The fourth-order valence-corrected chi connectivity index (χ4v) is 1.82. The average molecular weight is 311 g/mol. The predicted octanol–water partition coefficient (Wildman–Crippen LogP) is 1.62. The molecule has 0 aromatic heterocycles. The monoisotopic (exact) mass is 310 g/mol. The molecule has 110 valence electrons. The summed E-state index contributed by atoms with van der Waals surface area (Å²) in [7, 11) is -1.54. The molecule has 0 saturated carbocycles. The fraction of sp³-hybridized carbons (Fsp3) is 0.143. The van der Waals surface area contributed by atoms with Gasteiger partial charge in [-0.3, -0.25) is 0 Å². The number of rotatable bonds is 6. The minimum atomic E-state index is -1.54. The lowest BCUT2D eigenvalue weighted by atomic mass is 9.80. The van der Waals surface area contributed by atoms with Crippen molar-refractivity contribution in [3.8, 4) is 11.5 Å². The van der Waals surface area contributed by atoms with Gasteiger partial charge in [0, 0.05) is 6.07 Å². The van der Waals surface area contributed by atoms with Gasteiger partial charge in [-0.2, -0.15) is 0 Å². The Morgan fingerprint density at radius 1 is 1.00 bits per heavy atom. The van der Waals surface area contributed by atoms with Gasteiger partial charge in [0.05, 0.1) is 5.02 Å². The van der Waals surface area contributed by atoms with Gasteiger partial charge in [0.1, 0.15) is 30.5 Å². The second kappa shape index (κ2) is 7.31. The molecule has 0 fully saturated rings. The van der Waals surface area contributed by atoms with Gasteiger partial charge in [0.15, 0.2) is 0 Å². The molecular weight excluding hydrogens is 297 g/mol. The van der Waals surface area contributed by atoms with E-state index >= 15 is 0 Å². The third kappa shape index (κ3) is 4.63. The number of benzene rings is 2. The minimum Gasteiger partial charge on any atom is -0.490 e. The van der Waals surface area contributed by atoms with E-state index in [2.05, 4.69) is 0 Å². The number of hydrogen-bond donors (Lipinski definition) is 2. The van der Waals surface area contributed by atoms with Gasteiger partial charge >= 0.3 is 7.12 Å². The summed E-state index contributed by atoms with van der Waals surface area (Å²) in [6.07, 6.45) is 0. The molecule has 2 aromatic carbocycles. The molecule has 7 heteroatoms. The van der Waals surface area contributed by atoms with Crippen LogP contribution in [0.25, 0.3) is 0 Å². The number of halogens is 2. The Bertz CT molecular complexity index is 609. The highest BCUT2D eigenvalue weighted by Crippen LogP contribution is 2.21. The zero-order valence-corrected chi connectivity index (χ0v) is 11.8. The first-order valence-electron chi connectivity index (χ1n) is 6.23. The van der Waals surface area contributed by atoms with E-state index in [-0.39, 0.29) is 18.2 Å². The number of ether oxygens (including phenoxy) is 2. The van der Waals surface area contributed by atoms with E-state index < -0.39 is 12.9 Å². The maximum Gasteiger partial charge on any atom is 0.488 e. The van der Waals surface area contributed by atoms with E-state index in [1.807, 2.05) is 0 Å². The van der Waals surface area contributed by atoms with Crippen molar-refractivity contribution in [1.82, 2.24) is 0 Å². The molecule has 0 bridgehead atoms.